The highest BCUT2D eigenvalue weighted by Gasteiger charge is 2.24. The minimum atomic E-state index is -0.250. The van der Waals surface area contributed by atoms with E-state index in [0.717, 1.165) is 22.5 Å². The molecule has 4 rings (SSSR count). The number of fused-ring (bicyclic) bond motifs is 1. The van der Waals surface area contributed by atoms with Crippen molar-refractivity contribution in [2.24, 2.45) is 0 Å². The van der Waals surface area contributed by atoms with Gasteiger partial charge >= 0.3 is 0 Å². The number of nitrogens with zero attached hydrogens (tertiary/aromatic N) is 2. The Hall–Kier alpha value is -3.72. The Bertz CT molecular complexity index is 1120. The molecule has 1 aromatic heterocycles. The summed E-state index contributed by atoms with van der Waals surface area (Å²) in [4.78, 5) is 24.3. The number of halogens is 1. The van der Waals surface area contributed by atoms with Gasteiger partial charge in [0.15, 0.2) is 11.5 Å². The summed E-state index contributed by atoms with van der Waals surface area (Å²) in [6.45, 7) is 2.41. The molecule has 0 unspecified atom stereocenters. The maximum Gasteiger partial charge on any atom is 0.290 e. The molecular weight excluding hydrogens is 438 g/mol. The van der Waals surface area contributed by atoms with Crippen molar-refractivity contribution < 1.29 is 28.9 Å². The number of carboxylic acid groups (broad SMARTS) is 1. The van der Waals surface area contributed by atoms with Crippen LogP contribution in [0.3, 0.4) is 0 Å². The molecule has 2 aromatic carbocycles. The SMILES string of the molecule is COc1cc2c(cc1-c1c(-c3ccccc3Cl)ncn1CCNC(C)=O)OCO2.O=CO. The first-order chi connectivity index (χ1) is 15.5. The first-order valence-corrected chi connectivity index (χ1v) is 9.98. The smallest absolute Gasteiger partial charge is 0.290 e. The highest BCUT2D eigenvalue weighted by atomic mass is 35.5. The van der Waals surface area contributed by atoms with E-state index < -0.39 is 0 Å². The molecule has 0 atom stereocenters. The summed E-state index contributed by atoms with van der Waals surface area (Å²) in [5, 5.41) is 10.3. The van der Waals surface area contributed by atoms with Gasteiger partial charge in [0, 0.05) is 37.2 Å². The van der Waals surface area contributed by atoms with Crippen LogP contribution in [-0.4, -0.2) is 47.5 Å². The fourth-order valence-corrected chi connectivity index (χ4v) is 3.54. The number of nitrogens with one attached hydrogen (secondary N) is 1. The molecule has 0 saturated carbocycles. The van der Waals surface area contributed by atoms with Crippen LogP contribution < -0.4 is 19.5 Å². The van der Waals surface area contributed by atoms with Gasteiger partial charge in [0.25, 0.3) is 6.47 Å². The van der Waals surface area contributed by atoms with E-state index in [9.17, 15) is 4.79 Å². The molecule has 2 heterocycles. The van der Waals surface area contributed by atoms with E-state index in [2.05, 4.69) is 10.3 Å². The van der Waals surface area contributed by atoms with Crippen LogP contribution in [0.25, 0.3) is 22.5 Å². The molecule has 10 heteroatoms. The zero-order chi connectivity index (χ0) is 23.1. The Morgan fingerprint density at radius 3 is 2.62 bits per heavy atom. The standard InChI is InChI=1S/C21H20ClN3O4.CH2O2/c1-13(26)23-7-8-25-11-24-20(14-5-3-4-6-16(14)22)21(25)15-9-18-19(29-12-28-18)10-17(15)27-2;2-1-3/h3-6,9-11H,7-8,12H2,1-2H3,(H,23,26);1H,(H,2,3). The summed E-state index contributed by atoms with van der Waals surface area (Å²) in [5.41, 5.74) is 3.14. The van der Waals surface area contributed by atoms with Crippen LogP contribution in [0.5, 0.6) is 17.2 Å². The van der Waals surface area contributed by atoms with Gasteiger partial charge in [-0.1, -0.05) is 29.8 Å². The highest BCUT2D eigenvalue weighted by molar-refractivity contribution is 6.33. The predicted molar refractivity (Wildman–Crippen MR) is 118 cm³/mol. The van der Waals surface area contributed by atoms with E-state index in [0.29, 0.717) is 35.4 Å². The summed E-state index contributed by atoms with van der Waals surface area (Å²) < 4.78 is 18.6. The third-order valence-corrected chi connectivity index (χ3v) is 4.97. The van der Waals surface area contributed by atoms with Crippen molar-refractivity contribution in [1.29, 1.82) is 0 Å². The number of methoxy groups -OCH3 is 1. The van der Waals surface area contributed by atoms with Crippen molar-refractivity contribution in [2.45, 2.75) is 13.5 Å². The van der Waals surface area contributed by atoms with Gasteiger partial charge in [-0.25, -0.2) is 4.98 Å². The molecule has 0 saturated heterocycles. The molecular formula is C22H22ClN3O6. The second-order valence-electron chi connectivity index (χ2n) is 6.61. The summed E-state index contributed by atoms with van der Waals surface area (Å²) in [6.07, 6.45) is 1.74. The Morgan fingerprint density at radius 2 is 1.97 bits per heavy atom. The van der Waals surface area contributed by atoms with Gasteiger partial charge in [0.1, 0.15) is 5.75 Å². The topological polar surface area (TPSA) is 112 Å². The highest BCUT2D eigenvalue weighted by Crippen LogP contribution is 2.45. The molecule has 1 aliphatic heterocycles. The fourth-order valence-electron chi connectivity index (χ4n) is 3.31. The lowest BCUT2D eigenvalue weighted by Gasteiger charge is -2.15. The van der Waals surface area contributed by atoms with Crippen LogP contribution in [0.2, 0.25) is 5.02 Å². The number of imidazole rings is 1. The van der Waals surface area contributed by atoms with Crippen molar-refractivity contribution in [1.82, 2.24) is 14.9 Å². The number of rotatable bonds is 6. The summed E-state index contributed by atoms with van der Waals surface area (Å²) >= 11 is 6.46. The van der Waals surface area contributed by atoms with E-state index in [1.165, 1.54) is 6.92 Å². The van der Waals surface area contributed by atoms with Gasteiger partial charge < -0.3 is 29.2 Å². The summed E-state index contributed by atoms with van der Waals surface area (Å²) in [5.74, 6) is 1.82. The fraction of sp³-hybridized carbons (Fsp3) is 0.227. The Labute approximate surface area is 189 Å². The average Bonchev–Trinajstić information content (AvgIpc) is 3.39. The number of amides is 1. The molecule has 9 nitrogen and oxygen atoms in total. The molecule has 0 bridgehead atoms. The van der Waals surface area contributed by atoms with Gasteiger partial charge in [-0.15, -0.1) is 0 Å². The van der Waals surface area contributed by atoms with E-state index >= 15 is 0 Å². The van der Waals surface area contributed by atoms with E-state index in [-0.39, 0.29) is 19.2 Å². The number of carbonyl (C=O) groups excluding carboxylic acids is 1. The second kappa shape index (κ2) is 10.5. The molecule has 1 amide bonds. The summed E-state index contributed by atoms with van der Waals surface area (Å²) in [7, 11) is 1.61. The van der Waals surface area contributed by atoms with Crippen molar-refractivity contribution in [3.63, 3.8) is 0 Å². The van der Waals surface area contributed by atoms with Crippen LogP contribution in [0.1, 0.15) is 6.92 Å². The van der Waals surface area contributed by atoms with Gasteiger partial charge in [-0.3, -0.25) is 9.59 Å². The third kappa shape index (κ3) is 4.94. The Kier molecular flexibility index (Phi) is 7.56. The number of hydrogen-bond acceptors (Lipinski definition) is 6. The first kappa shape index (κ1) is 23.0. The number of ether oxygens (including phenoxy) is 3. The van der Waals surface area contributed by atoms with Crippen LogP contribution in [-0.2, 0) is 16.1 Å². The normalized spacial score (nSPS) is 11.3. The molecule has 0 aliphatic carbocycles. The van der Waals surface area contributed by atoms with Gasteiger partial charge in [0.2, 0.25) is 12.7 Å². The van der Waals surface area contributed by atoms with Crippen molar-refractivity contribution in [3.05, 3.63) is 47.7 Å². The number of benzene rings is 2. The lowest BCUT2D eigenvalue weighted by molar-refractivity contribution is -0.123. The number of carbonyl (C=O) groups is 2. The monoisotopic (exact) mass is 459 g/mol. The van der Waals surface area contributed by atoms with Gasteiger partial charge in [-0.05, 0) is 12.1 Å². The molecule has 0 fully saturated rings. The third-order valence-electron chi connectivity index (χ3n) is 4.64. The molecule has 0 spiro atoms. The quantitative estimate of drug-likeness (QED) is 0.543. The van der Waals surface area contributed by atoms with E-state index in [1.807, 2.05) is 34.9 Å². The maximum atomic E-state index is 11.3. The Morgan fingerprint density at radius 1 is 1.28 bits per heavy atom. The van der Waals surface area contributed by atoms with Crippen molar-refractivity contribution >= 4 is 24.0 Å². The zero-order valence-corrected chi connectivity index (χ0v) is 18.3. The van der Waals surface area contributed by atoms with E-state index in [1.54, 1.807) is 19.5 Å². The lowest BCUT2D eigenvalue weighted by atomic mass is 10.0. The van der Waals surface area contributed by atoms with Gasteiger partial charge in [0.05, 0.1) is 29.8 Å². The van der Waals surface area contributed by atoms with Crippen LogP contribution in [0.4, 0.5) is 0 Å². The van der Waals surface area contributed by atoms with Crippen LogP contribution in [0.15, 0.2) is 42.7 Å². The van der Waals surface area contributed by atoms with Crippen molar-refractivity contribution in [3.8, 4) is 39.8 Å². The lowest BCUT2D eigenvalue weighted by Crippen LogP contribution is -2.24. The molecule has 168 valence electrons. The molecule has 2 N–H and O–H groups in total. The average molecular weight is 460 g/mol. The minimum Gasteiger partial charge on any atom is -0.496 e. The number of hydrogen-bond donors (Lipinski definition) is 2. The maximum absolute atomic E-state index is 11.3. The minimum absolute atomic E-state index is 0.0846. The predicted octanol–water partition coefficient (Wildman–Crippen LogP) is 3.44. The molecule has 32 heavy (non-hydrogen) atoms. The molecule has 3 aromatic rings. The molecule has 1 aliphatic rings. The number of aromatic nitrogens is 2. The largest absolute Gasteiger partial charge is 0.496 e. The van der Waals surface area contributed by atoms with Crippen molar-refractivity contribution in [2.75, 3.05) is 20.4 Å². The zero-order valence-electron chi connectivity index (χ0n) is 17.5. The van der Waals surface area contributed by atoms with Gasteiger partial charge in [-0.2, -0.15) is 0 Å². The first-order valence-electron chi connectivity index (χ1n) is 9.60. The van der Waals surface area contributed by atoms with Crippen LogP contribution in [0, 0.1) is 0 Å². The summed E-state index contributed by atoms with van der Waals surface area (Å²) in [6, 6.07) is 11.2. The Balaban J connectivity index is 0.000000913. The molecule has 0 radical (unpaired) electrons. The van der Waals surface area contributed by atoms with E-state index in [4.69, 9.17) is 35.7 Å². The van der Waals surface area contributed by atoms with Crippen LogP contribution >= 0.6 is 11.6 Å². The second-order valence-corrected chi connectivity index (χ2v) is 7.02.